The van der Waals surface area contributed by atoms with Gasteiger partial charge in [-0.2, -0.15) is 0 Å². The number of fused-ring (bicyclic) bond motifs is 1. The zero-order chi connectivity index (χ0) is 15.0. The average molecular weight is 360 g/mol. The molecule has 0 fully saturated rings. The zero-order valence-corrected chi connectivity index (χ0v) is 13.8. The monoisotopic (exact) mass is 358 g/mol. The van der Waals surface area contributed by atoms with E-state index in [-0.39, 0.29) is 0 Å². The number of rotatable bonds is 3. The second kappa shape index (κ2) is 6.05. The van der Waals surface area contributed by atoms with Gasteiger partial charge in [0.15, 0.2) is 0 Å². The molecule has 1 aromatic heterocycles. The van der Waals surface area contributed by atoms with Gasteiger partial charge < -0.3 is 0 Å². The molecular weight excluding hydrogens is 350 g/mol. The molecule has 0 bridgehead atoms. The third-order valence-electron chi connectivity index (χ3n) is 3.17. The summed E-state index contributed by atoms with van der Waals surface area (Å²) in [7, 11) is 0. The Morgan fingerprint density at radius 1 is 0.952 bits per heavy atom. The first-order valence-electron chi connectivity index (χ1n) is 6.28. The molecule has 0 aliphatic rings. The Morgan fingerprint density at radius 3 is 2.48 bits per heavy atom. The van der Waals surface area contributed by atoms with Crippen LogP contribution in [0.15, 0.2) is 36.4 Å². The lowest BCUT2D eigenvalue weighted by atomic mass is 10.2. The largest absolute Gasteiger partial charge is 0.296 e. The normalized spacial score (nSPS) is 11.2. The highest BCUT2D eigenvalue weighted by atomic mass is 35.5. The lowest BCUT2D eigenvalue weighted by Crippen LogP contribution is -2.02. The summed E-state index contributed by atoms with van der Waals surface area (Å²) in [5.41, 5.74) is 2.67. The Labute approximate surface area is 142 Å². The first-order valence-corrected chi connectivity index (χ1v) is 7.95. The van der Waals surface area contributed by atoms with Crippen LogP contribution in [-0.2, 0) is 6.42 Å². The minimum absolute atomic E-state index is 0.484. The van der Waals surface area contributed by atoms with E-state index in [2.05, 4.69) is 4.98 Å². The third kappa shape index (κ3) is 2.86. The number of imidazole rings is 1. The highest BCUT2D eigenvalue weighted by Gasteiger charge is 2.13. The fourth-order valence-electron chi connectivity index (χ4n) is 2.26. The maximum atomic E-state index is 6.12. The number of aryl methyl sites for hydroxylation is 1. The number of nitrogens with zero attached hydrogens (tertiary/aromatic N) is 2. The van der Waals surface area contributed by atoms with Gasteiger partial charge in [0.1, 0.15) is 5.82 Å². The van der Waals surface area contributed by atoms with E-state index in [0.29, 0.717) is 27.4 Å². The summed E-state index contributed by atoms with van der Waals surface area (Å²) in [5, 5.41) is 1.66. The van der Waals surface area contributed by atoms with E-state index in [1.807, 2.05) is 34.9 Å². The number of hydrogen-bond acceptors (Lipinski definition) is 1. The summed E-state index contributed by atoms with van der Waals surface area (Å²) in [5.74, 6) is 1.35. The first kappa shape index (κ1) is 15.0. The van der Waals surface area contributed by atoms with Crippen LogP contribution in [0.1, 0.15) is 5.82 Å². The summed E-state index contributed by atoms with van der Waals surface area (Å²) in [6.07, 6.45) is 0.647. The van der Waals surface area contributed by atoms with Crippen molar-refractivity contribution in [3.8, 4) is 5.69 Å². The predicted molar refractivity (Wildman–Crippen MR) is 90.5 cm³/mol. The summed E-state index contributed by atoms with van der Waals surface area (Å²) in [4.78, 5) is 4.62. The van der Waals surface area contributed by atoms with Crippen LogP contribution in [0.25, 0.3) is 16.7 Å². The number of hydrogen-bond donors (Lipinski definition) is 0. The van der Waals surface area contributed by atoms with Crippen LogP contribution in [0.2, 0.25) is 15.1 Å². The van der Waals surface area contributed by atoms with Crippen molar-refractivity contribution >= 4 is 57.4 Å². The highest BCUT2D eigenvalue weighted by molar-refractivity contribution is 6.42. The number of benzene rings is 2. The van der Waals surface area contributed by atoms with Crippen LogP contribution in [0.4, 0.5) is 0 Å². The van der Waals surface area contributed by atoms with E-state index in [9.17, 15) is 0 Å². The van der Waals surface area contributed by atoms with Crippen molar-refractivity contribution in [1.29, 1.82) is 0 Å². The molecule has 0 saturated carbocycles. The first-order chi connectivity index (χ1) is 10.1. The van der Waals surface area contributed by atoms with E-state index in [1.165, 1.54) is 0 Å². The van der Waals surface area contributed by atoms with E-state index < -0.39 is 0 Å². The fourth-order valence-corrected chi connectivity index (χ4v) is 2.89. The number of aromatic nitrogens is 2. The zero-order valence-electron chi connectivity index (χ0n) is 10.8. The van der Waals surface area contributed by atoms with Gasteiger partial charge in [0, 0.05) is 23.0 Å². The molecule has 0 N–H and O–H groups in total. The minimum Gasteiger partial charge on any atom is -0.296 e. The van der Waals surface area contributed by atoms with Crippen molar-refractivity contribution in [2.75, 3.05) is 5.88 Å². The molecule has 0 saturated heterocycles. The summed E-state index contributed by atoms with van der Waals surface area (Å²) in [6.45, 7) is 0. The van der Waals surface area contributed by atoms with Gasteiger partial charge in [-0.1, -0.05) is 34.8 Å². The van der Waals surface area contributed by atoms with Crippen LogP contribution in [0.5, 0.6) is 0 Å². The van der Waals surface area contributed by atoms with Gasteiger partial charge in [-0.3, -0.25) is 4.57 Å². The molecule has 108 valence electrons. The van der Waals surface area contributed by atoms with Crippen molar-refractivity contribution in [2.45, 2.75) is 6.42 Å². The van der Waals surface area contributed by atoms with Crippen molar-refractivity contribution < 1.29 is 0 Å². The third-order valence-corrected chi connectivity index (χ3v) is 4.33. The second-order valence-electron chi connectivity index (χ2n) is 4.53. The maximum absolute atomic E-state index is 6.12. The number of alkyl halides is 1. The van der Waals surface area contributed by atoms with E-state index in [4.69, 9.17) is 46.4 Å². The predicted octanol–water partition coefficient (Wildman–Crippen LogP) is 5.77. The SMILES string of the molecule is ClCCc1nc2ccc(Cl)cc2n1-c1ccc(Cl)c(Cl)c1. The Morgan fingerprint density at radius 2 is 1.76 bits per heavy atom. The van der Waals surface area contributed by atoms with Crippen LogP contribution >= 0.6 is 46.4 Å². The quantitative estimate of drug-likeness (QED) is 0.543. The smallest absolute Gasteiger partial charge is 0.115 e. The van der Waals surface area contributed by atoms with Crippen LogP contribution in [0.3, 0.4) is 0 Å². The van der Waals surface area contributed by atoms with Crippen LogP contribution < -0.4 is 0 Å². The molecule has 6 heteroatoms. The molecule has 1 heterocycles. The summed E-state index contributed by atoms with van der Waals surface area (Å²) < 4.78 is 2.01. The Bertz CT molecular complexity index is 811. The van der Waals surface area contributed by atoms with Gasteiger partial charge in [-0.05, 0) is 36.4 Å². The topological polar surface area (TPSA) is 17.8 Å². The molecule has 2 nitrogen and oxygen atoms in total. The molecule has 3 aromatic rings. The molecule has 2 aromatic carbocycles. The van der Waals surface area contributed by atoms with Gasteiger partial charge in [0.05, 0.1) is 21.1 Å². The molecule has 3 rings (SSSR count). The van der Waals surface area contributed by atoms with Crippen molar-refractivity contribution in [3.63, 3.8) is 0 Å². The molecular formula is C15H10Cl4N2. The highest BCUT2D eigenvalue weighted by Crippen LogP contribution is 2.29. The van der Waals surface area contributed by atoms with Crippen LogP contribution in [-0.4, -0.2) is 15.4 Å². The Hall–Kier alpha value is -0.930. The van der Waals surface area contributed by atoms with Crippen molar-refractivity contribution in [1.82, 2.24) is 9.55 Å². The standard InChI is InChI=1S/C15H10Cl4N2/c16-6-5-15-20-13-4-1-9(17)7-14(13)21(15)10-2-3-11(18)12(19)8-10/h1-4,7-8H,5-6H2. The molecule has 0 spiro atoms. The lowest BCUT2D eigenvalue weighted by Gasteiger charge is -2.10. The molecule has 0 unspecified atom stereocenters. The summed E-state index contributed by atoms with van der Waals surface area (Å²) in [6, 6.07) is 11.1. The van der Waals surface area contributed by atoms with E-state index in [1.54, 1.807) is 6.07 Å². The van der Waals surface area contributed by atoms with Crippen LogP contribution in [0, 0.1) is 0 Å². The van der Waals surface area contributed by atoms with Gasteiger partial charge in [0.25, 0.3) is 0 Å². The summed E-state index contributed by atoms with van der Waals surface area (Å²) >= 11 is 24.1. The van der Waals surface area contributed by atoms with Gasteiger partial charge >= 0.3 is 0 Å². The Balaban J connectivity index is 2.29. The molecule has 21 heavy (non-hydrogen) atoms. The Kier molecular flexibility index (Phi) is 4.32. The van der Waals surface area contributed by atoms with Gasteiger partial charge in [-0.15, -0.1) is 11.6 Å². The van der Waals surface area contributed by atoms with Gasteiger partial charge in [-0.25, -0.2) is 4.98 Å². The molecule has 0 aliphatic heterocycles. The molecule has 0 amide bonds. The average Bonchev–Trinajstić information content (AvgIpc) is 2.80. The molecule has 0 radical (unpaired) electrons. The van der Waals surface area contributed by atoms with Crippen molar-refractivity contribution in [2.24, 2.45) is 0 Å². The molecule has 0 aliphatic carbocycles. The van der Waals surface area contributed by atoms with E-state index >= 15 is 0 Å². The lowest BCUT2D eigenvalue weighted by molar-refractivity contribution is 0.912. The van der Waals surface area contributed by atoms with E-state index in [0.717, 1.165) is 22.5 Å². The molecule has 0 atom stereocenters. The number of halogens is 4. The fraction of sp³-hybridized carbons (Fsp3) is 0.133. The maximum Gasteiger partial charge on any atom is 0.115 e. The van der Waals surface area contributed by atoms with Crippen molar-refractivity contribution in [3.05, 3.63) is 57.3 Å². The second-order valence-corrected chi connectivity index (χ2v) is 6.16. The minimum atomic E-state index is 0.484. The van der Waals surface area contributed by atoms with Gasteiger partial charge in [0.2, 0.25) is 0 Å².